The molecular formula is C6H9NO. The van der Waals surface area contributed by atoms with E-state index in [1.54, 1.807) is 6.08 Å². The average molecular weight is 111 g/mol. The Morgan fingerprint density at radius 2 is 2.38 bits per heavy atom. The van der Waals surface area contributed by atoms with Gasteiger partial charge >= 0.3 is 0 Å². The minimum absolute atomic E-state index is 0.245. The van der Waals surface area contributed by atoms with Crippen molar-refractivity contribution in [2.75, 3.05) is 7.05 Å². The van der Waals surface area contributed by atoms with E-state index < -0.39 is 0 Å². The third kappa shape index (κ3) is 0.886. The van der Waals surface area contributed by atoms with Crippen LogP contribution >= 0.6 is 0 Å². The van der Waals surface area contributed by atoms with Gasteiger partial charge < -0.3 is 5.32 Å². The Morgan fingerprint density at radius 3 is 2.62 bits per heavy atom. The number of hydrogen-bond acceptors (Lipinski definition) is 2. The molecule has 0 atom stereocenters. The zero-order valence-corrected chi connectivity index (χ0v) is 4.90. The van der Waals surface area contributed by atoms with Gasteiger partial charge in [-0.2, -0.15) is 0 Å². The molecule has 1 rings (SSSR count). The van der Waals surface area contributed by atoms with Crippen LogP contribution in [0.4, 0.5) is 0 Å². The summed E-state index contributed by atoms with van der Waals surface area (Å²) < 4.78 is 0. The Hall–Kier alpha value is -0.790. The highest BCUT2D eigenvalue weighted by Gasteiger charge is 2.08. The van der Waals surface area contributed by atoms with E-state index >= 15 is 0 Å². The quantitative estimate of drug-likeness (QED) is 0.532. The van der Waals surface area contributed by atoms with Gasteiger partial charge in [0, 0.05) is 25.2 Å². The van der Waals surface area contributed by atoms with E-state index in [9.17, 15) is 4.79 Å². The van der Waals surface area contributed by atoms with E-state index in [4.69, 9.17) is 0 Å². The van der Waals surface area contributed by atoms with Crippen LogP contribution in [-0.2, 0) is 4.79 Å². The van der Waals surface area contributed by atoms with E-state index in [1.165, 1.54) is 0 Å². The molecule has 0 aromatic heterocycles. The second-order valence-electron chi connectivity index (χ2n) is 1.89. The van der Waals surface area contributed by atoms with Crippen molar-refractivity contribution in [3.63, 3.8) is 0 Å². The zero-order chi connectivity index (χ0) is 5.98. The Labute approximate surface area is 48.6 Å². The van der Waals surface area contributed by atoms with Crippen molar-refractivity contribution in [1.29, 1.82) is 0 Å². The van der Waals surface area contributed by atoms with E-state index in [0.717, 1.165) is 12.1 Å². The van der Waals surface area contributed by atoms with Gasteiger partial charge in [-0.15, -0.1) is 0 Å². The molecule has 2 heteroatoms. The summed E-state index contributed by atoms with van der Waals surface area (Å²) in [6, 6.07) is 0. The number of ketones is 1. The Bertz CT molecular complexity index is 137. The summed E-state index contributed by atoms with van der Waals surface area (Å²) in [6.45, 7) is 0. The van der Waals surface area contributed by atoms with Gasteiger partial charge in [-0.25, -0.2) is 0 Å². The monoisotopic (exact) mass is 111 g/mol. The number of carbonyl (C=O) groups excluding carboxylic acids is 1. The highest BCUT2D eigenvalue weighted by molar-refractivity contribution is 5.92. The maximum atomic E-state index is 10.5. The molecule has 0 aromatic carbocycles. The van der Waals surface area contributed by atoms with Crippen molar-refractivity contribution in [2.24, 2.45) is 0 Å². The molecule has 0 radical (unpaired) electrons. The van der Waals surface area contributed by atoms with Crippen molar-refractivity contribution < 1.29 is 4.79 Å². The molecule has 0 aromatic rings. The van der Waals surface area contributed by atoms with Crippen LogP contribution in [0.2, 0.25) is 0 Å². The first-order chi connectivity index (χ1) is 3.83. The van der Waals surface area contributed by atoms with Crippen molar-refractivity contribution >= 4 is 5.78 Å². The second kappa shape index (κ2) is 1.99. The van der Waals surface area contributed by atoms with Crippen LogP contribution in [0.15, 0.2) is 11.8 Å². The molecule has 44 valence electrons. The van der Waals surface area contributed by atoms with E-state index in [-0.39, 0.29) is 5.78 Å². The van der Waals surface area contributed by atoms with Gasteiger partial charge in [0.05, 0.1) is 0 Å². The highest BCUT2D eigenvalue weighted by Crippen LogP contribution is 2.10. The van der Waals surface area contributed by atoms with E-state index in [0.29, 0.717) is 6.42 Å². The molecular weight excluding hydrogens is 102 g/mol. The Balaban J connectivity index is 2.57. The Kier molecular flexibility index (Phi) is 1.33. The second-order valence-corrected chi connectivity index (χ2v) is 1.89. The summed E-state index contributed by atoms with van der Waals surface area (Å²) in [7, 11) is 1.84. The molecule has 1 N–H and O–H groups in total. The Morgan fingerprint density at radius 1 is 1.62 bits per heavy atom. The van der Waals surface area contributed by atoms with Crippen LogP contribution < -0.4 is 5.32 Å². The van der Waals surface area contributed by atoms with Crippen LogP contribution in [0.25, 0.3) is 0 Å². The minimum Gasteiger partial charge on any atom is -0.391 e. The van der Waals surface area contributed by atoms with Gasteiger partial charge in [-0.1, -0.05) is 0 Å². The molecule has 1 aliphatic carbocycles. The molecule has 1 aliphatic rings. The lowest BCUT2D eigenvalue weighted by atomic mass is 10.3. The summed E-state index contributed by atoms with van der Waals surface area (Å²) >= 11 is 0. The largest absolute Gasteiger partial charge is 0.391 e. The third-order valence-corrected chi connectivity index (χ3v) is 1.30. The first kappa shape index (κ1) is 5.35. The predicted octanol–water partition coefficient (Wildman–Crippen LogP) is 0.453. The van der Waals surface area contributed by atoms with Gasteiger partial charge in [0.1, 0.15) is 0 Å². The topological polar surface area (TPSA) is 29.1 Å². The third-order valence-electron chi connectivity index (χ3n) is 1.30. The average Bonchev–Trinajstić information content (AvgIpc) is 2.14. The van der Waals surface area contributed by atoms with E-state index in [1.807, 2.05) is 7.05 Å². The predicted molar refractivity (Wildman–Crippen MR) is 31.4 cm³/mol. The molecule has 0 bridgehead atoms. The standard InChI is InChI=1S/C6H9NO/c1-7-5-2-3-6(8)4-5/h4,7H,2-3H2,1H3. The van der Waals surface area contributed by atoms with Crippen LogP contribution in [0.1, 0.15) is 12.8 Å². The summed E-state index contributed by atoms with van der Waals surface area (Å²) in [4.78, 5) is 10.5. The van der Waals surface area contributed by atoms with Gasteiger partial charge in [0.2, 0.25) is 0 Å². The lowest BCUT2D eigenvalue weighted by Gasteiger charge is -1.93. The van der Waals surface area contributed by atoms with Crippen LogP contribution in [0.3, 0.4) is 0 Å². The molecule has 0 heterocycles. The molecule has 0 fully saturated rings. The molecule has 0 unspecified atom stereocenters. The number of hydrogen-bond donors (Lipinski definition) is 1. The van der Waals surface area contributed by atoms with Gasteiger partial charge in [0.15, 0.2) is 5.78 Å². The van der Waals surface area contributed by atoms with Crippen LogP contribution in [0.5, 0.6) is 0 Å². The first-order valence-electron chi connectivity index (χ1n) is 2.74. The van der Waals surface area contributed by atoms with Crippen molar-refractivity contribution in [2.45, 2.75) is 12.8 Å². The zero-order valence-electron chi connectivity index (χ0n) is 4.90. The number of allylic oxidation sites excluding steroid dienone is 2. The highest BCUT2D eigenvalue weighted by atomic mass is 16.1. The van der Waals surface area contributed by atoms with Crippen molar-refractivity contribution in [1.82, 2.24) is 5.32 Å². The molecule has 0 amide bonds. The maximum Gasteiger partial charge on any atom is 0.157 e. The molecule has 0 saturated carbocycles. The molecule has 0 spiro atoms. The first-order valence-corrected chi connectivity index (χ1v) is 2.74. The van der Waals surface area contributed by atoms with Gasteiger partial charge in [-0.3, -0.25) is 4.79 Å². The normalized spacial score (nSPS) is 18.6. The summed E-state index contributed by atoms with van der Waals surface area (Å²) in [5.41, 5.74) is 1.06. The van der Waals surface area contributed by atoms with Gasteiger partial charge in [-0.05, 0) is 6.42 Å². The smallest absolute Gasteiger partial charge is 0.157 e. The van der Waals surface area contributed by atoms with Crippen LogP contribution in [0, 0.1) is 0 Å². The SMILES string of the molecule is CNC1=CC(=O)CC1. The minimum atomic E-state index is 0.245. The summed E-state index contributed by atoms with van der Waals surface area (Å²) in [5, 5.41) is 2.93. The fourth-order valence-corrected chi connectivity index (χ4v) is 0.794. The lowest BCUT2D eigenvalue weighted by Crippen LogP contribution is -2.01. The molecule has 8 heavy (non-hydrogen) atoms. The van der Waals surface area contributed by atoms with Crippen molar-refractivity contribution in [3.8, 4) is 0 Å². The number of nitrogens with one attached hydrogen (secondary N) is 1. The van der Waals surface area contributed by atoms with Crippen LogP contribution in [-0.4, -0.2) is 12.8 Å². The number of rotatable bonds is 1. The fourth-order valence-electron chi connectivity index (χ4n) is 0.794. The van der Waals surface area contributed by atoms with E-state index in [2.05, 4.69) is 5.32 Å². The van der Waals surface area contributed by atoms with Crippen molar-refractivity contribution in [3.05, 3.63) is 11.8 Å². The molecule has 0 saturated heterocycles. The lowest BCUT2D eigenvalue weighted by molar-refractivity contribution is -0.114. The summed E-state index contributed by atoms with van der Waals surface area (Å²) in [5.74, 6) is 0.245. The summed E-state index contributed by atoms with van der Waals surface area (Å²) in [6.07, 6.45) is 3.26. The maximum absolute atomic E-state index is 10.5. The molecule has 0 aliphatic heterocycles. The van der Waals surface area contributed by atoms with Gasteiger partial charge in [0.25, 0.3) is 0 Å². The fraction of sp³-hybridized carbons (Fsp3) is 0.500. The number of carbonyl (C=O) groups is 1. The molecule has 2 nitrogen and oxygen atoms in total.